The maximum Gasteiger partial charge on any atom is 0.131 e. The first kappa shape index (κ1) is 15.8. The minimum absolute atomic E-state index is 0.503. The van der Waals surface area contributed by atoms with Crippen molar-refractivity contribution in [2.45, 2.75) is 32.9 Å². The number of hydrogen-bond acceptors (Lipinski definition) is 5. The predicted octanol–water partition coefficient (Wildman–Crippen LogP) is 3.40. The molecule has 1 N–H and O–H groups in total. The van der Waals surface area contributed by atoms with E-state index in [-0.39, 0.29) is 0 Å². The summed E-state index contributed by atoms with van der Waals surface area (Å²) >= 11 is 1.71. The molecule has 0 saturated carbocycles. The van der Waals surface area contributed by atoms with E-state index in [1.807, 2.05) is 25.2 Å². The molecule has 0 fully saturated rings. The molecule has 1 heterocycles. The molecule has 0 amide bonds. The standard InChI is InChI=1S/C16H22N2O2S/c1-4-5-16-18-13(11-21-16)10-20-15-7-6-14(19-3)8-12(15)9-17-2/h6-8,11,17H,4-5,9-10H2,1-3H3. The molecule has 0 unspecified atom stereocenters. The molecule has 21 heavy (non-hydrogen) atoms. The molecule has 0 atom stereocenters. The van der Waals surface area contributed by atoms with E-state index in [1.54, 1.807) is 18.4 Å². The third-order valence-corrected chi connectivity index (χ3v) is 4.03. The minimum atomic E-state index is 0.503. The number of methoxy groups -OCH3 is 1. The predicted molar refractivity (Wildman–Crippen MR) is 86.2 cm³/mol. The Bertz CT molecular complexity index is 569. The van der Waals surface area contributed by atoms with E-state index in [9.17, 15) is 0 Å². The van der Waals surface area contributed by atoms with Crippen LogP contribution in [0.1, 0.15) is 29.6 Å². The summed E-state index contributed by atoms with van der Waals surface area (Å²) in [4.78, 5) is 4.58. The van der Waals surface area contributed by atoms with Crippen LogP contribution in [-0.2, 0) is 19.6 Å². The van der Waals surface area contributed by atoms with Crippen LogP contribution in [0.15, 0.2) is 23.6 Å². The van der Waals surface area contributed by atoms with Gasteiger partial charge in [0.2, 0.25) is 0 Å². The van der Waals surface area contributed by atoms with Gasteiger partial charge < -0.3 is 14.8 Å². The Kier molecular flexibility index (Phi) is 6.02. The Labute approximate surface area is 130 Å². The monoisotopic (exact) mass is 306 g/mol. The molecule has 0 aliphatic heterocycles. The van der Waals surface area contributed by atoms with Gasteiger partial charge in [0.05, 0.1) is 17.8 Å². The number of nitrogens with zero attached hydrogens (tertiary/aromatic N) is 1. The van der Waals surface area contributed by atoms with Gasteiger partial charge in [-0.15, -0.1) is 11.3 Å². The summed E-state index contributed by atoms with van der Waals surface area (Å²) in [5.74, 6) is 1.71. The van der Waals surface area contributed by atoms with Crippen molar-refractivity contribution in [2.24, 2.45) is 0 Å². The van der Waals surface area contributed by atoms with Crippen molar-refractivity contribution in [1.82, 2.24) is 10.3 Å². The summed E-state index contributed by atoms with van der Waals surface area (Å²) in [7, 11) is 3.59. The Morgan fingerprint density at radius 3 is 2.90 bits per heavy atom. The van der Waals surface area contributed by atoms with Crippen LogP contribution in [-0.4, -0.2) is 19.1 Å². The highest BCUT2D eigenvalue weighted by Crippen LogP contribution is 2.25. The van der Waals surface area contributed by atoms with Crippen molar-refractivity contribution in [2.75, 3.05) is 14.2 Å². The number of ether oxygens (including phenoxy) is 2. The Morgan fingerprint density at radius 1 is 1.33 bits per heavy atom. The fourth-order valence-corrected chi connectivity index (χ4v) is 2.93. The smallest absolute Gasteiger partial charge is 0.131 e. The fourth-order valence-electron chi connectivity index (χ4n) is 2.05. The van der Waals surface area contributed by atoms with E-state index in [4.69, 9.17) is 9.47 Å². The van der Waals surface area contributed by atoms with Gasteiger partial charge in [-0.2, -0.15) is 0 Å². The van der Waals surface area contributed by atoms with E-state index in [0.29, 0.717) is 6.61 Å². The summed E-state index contributed by atoms with van der Waals surface area (Å²) in [5.41, 5.74) is 2.08. The molecule has 0 saturated heterocycles. The van der Waals surface area contributed by atoms with Crippen LogP contribution in [0.5, 0.6) is 11.5 Å². The molecule has 0 bridgehead atoms. The van der Waals surface area contributed by atoms with E-state index < -0.39 is 0 Å². The highest BCUT2D eigenvalue weighted by Gasteiger charge is 2.07. The average Bonchev–Trinajstić information content (AvgIpc) is 2.94. The normalized spacial score (nSPS) is 10.6. The largest absolute Gasteiger partial charge is 0.497 e. The molecule has 2 rings (SSSR count). The highest BCUT2D eigenvalue weighted by molar-refractivity contribution is 7.09. The van der Waals surface area contributed by atoms with Gasteiger partial charge in [-0.3, -0.25) is 0 Å². The van der Waals surface area contributed by atoms with Crippen LogP contribution in [0.25, 0.3) is 0 Å². The lowest BCUT2D eigenvalue weighted by atomic mass is 10.2. The van der Waals surface area contributed by atoms with Gasteiger partial charge in [-0.1, -0.05) is 6.92 Å². The first-order valence-corrected chi connectivity index (χ1v) is 8.02. The number of nitrogens with one attached hydrogen (secondary N) is 1. The van der Waals surface area contributed by atoms with Crippen LogP contribution < -0.4 is 14.8 Å². The molecule has 0 aliphatic rings. The fraction of sp³-hybridized carbons (Fsp3) is 0.438. The molecule has 2 aromatic rings. The topological polar surface area (TPSA) is 43.4 Å². The maximum absolute atomic E-state index is 5.92. The first-order valence-electron chi connectivity index (χ1n) is 7.14. The second-order valence-electron chi connectivity index (χ2n) is 4.78. The zero-order chi connectivity index (χ0) is 15.1. The summed E-state index contributed by atoms with van der Waals surface area (Å²) in [6, 6.07) is 5.86. The number of hydrogen-bond donors (Lipinski definition) is 1. The zero-order valence-corrected chi connectivity index (χ0v) is 13.6. The number of rotatable bonds is 8. The number of thiazole rings is 1. The average molecular weight is 306 g/mol. The van der Waals surface area contributed by atoms with Gasteiger partial charge in [0, 0.05) is 17.5 Å². The summed E-state index contributed by atoms with van der Waals surface area (Å²) in [6.07, 6.45) is 2.16. The van der Waals surface area contributed by atoms with Crippen molar-refractivity contribution in [3.63, 3.8) is 0 Å². The van der Waals surface area contributed by atoms with Crippen molar-refractivity contribution in [3.05, 3.63) is 39.8 Å². The van der Waals surface area contributed by atoms with E-state index in [0.717, 1.165) is 42.1 Å². The quantitative estimate of drug-likeness (QED) is 0.812. The molecular weight excluding hydrogens is 284 g/mol. The van der Waals surface area contributed by atoms with Crippen LogP contribution in [0.4, 0.5) is 0 Å². The Morgan fingerprint density at radius 2 is 2.19 bits per heavy atom. The van der Waals surface area contributed by atoms with E-state index in [2.05, 4.69) is 22.6 Å². The lowest BCUT2D eigenvalue weighted by Crippen LogP contribution is -2.08. The molecule has 0 spiro atoms. The SMILES string of the molecule is CCCc1nc(COc2ccc(OC)cc2CNC)cs1. The minimum Gasteiger partial charge on any atom is -0.497 e. The molecule has 0 aliphatic carbocycles. The van der Waals surface area contributed by atoms with Crippen molar-refractivity contribution in [3.8, 4) is 11.5 Å². The number of benzene rings is 1. The Hall–Kier alpha value is -1.59. The van der Waals surface area contributed by atoms with Gasteiger partial charge in [0.25, 0.3) is 0 Å². The maximum atomic E-state index is 5.92. The van der Waals surface area contributed by atoms with Gasteiger partial charge in [-0.25, -0.2) is 4.98 Å². The van der Waals surface area contributed by atoms with Crippen LogP contribution in [0.3, 0.4) is 0 Å². The van der Waals surface area contributed by atoms with Crippen molar-refractivity contribution < 1.29 is 9.47 Å². The van der Waals surface area contributed by atoms with E-state index >= 15 is 0 Å². The third-order valence-electron chi connectivity index (χ3n) is 3.07. The Balaban J connectivity index is 2.04. The summed E-state index contributed by atoms with van der Waals surface area (Å²) in [6.45, 7) is 3.41. The van der Waals surface area contributed by atoms with Crippen LogP contribution >= 0.6 is 11.3 Å². The van der Waals surface area contributed by atoms with Gasteiger partial charge in [0.1, 0.15) is 18.1 Å². The van der Waals surface area contributed by atoms with Crippen molar-refractivity contribution >= 4 is 11.3 Å². The van der Waals surface area contributed by atoms with Crippen LogP contribution in [0, 0.1) is 0 Å². The first-order chi connectivity index (χ1) is 10.3. The third kappa shape index (κ3) is 4.44. The second kappa shape index (κ2) is 8.00. The number of aromatic nitrogens is 1. The molecular formula is C16H22N2O2S. The number of aryl methyl sites for hydroxylation is 1. The van der Waals surface area contributed by atoms with Crippen molar-refractivity contribution in [1.29, 1.82) is 0 Å². The molecule has 114 valence electrons. The lowest BCUT2D eigenvalue weighted by molar-refractivity contribution is 0.297. The molecule has 1 aromatic carbocycles. The van der Waals surface area contributed by atoms with E-state index in [1.165, 1.54) is 5.01 Å². The summed E-state index contributed by atoms with van der Waals surface area (Å²) < 4.78 is 11.2. The van der Waals surface area contributed by atoms with Crippen LogP contribution in [0.2, 0.25) is 0 Å². The van der Waals surface area contributed by atoms with Gasteiger partial charge in [0.15, 0.2) is 0 Å². The zero-order valence-electron chi connectivity index (χ0n) is 12.8. The highest BCUT2D eigenvalue weighted by atomic mass is 32.1. The molecule has 1 aromatic heterocycles. The van der Waals surface area contributed by atoms with Gasteiger partial charge >= 0.3 is 0 Å². The molecule has 4 nitrogen and oxygen atoms in total. The second-order valence-corrected chi connectivity index (χ2v) is 5.72. The lowest BCUT2D eigenvalue weighted by Gasteiger charge is -2.12. The van der Waals surface area contributed by atoms with Gasteiger partial charge in [-0.05, 0) is 38.1 Å². The summed E-state index contributed by atoms with van der Waals surface area (Å²) in [5, 5.41) is 6.40. The molecule has 5 heteroatoms. The molecule has 0 radical (unpaired) electrons.